The largest absolute Gasteiger partial charge is 0.295 e. The zero-order valence-corrected chi connectivity index (χ0v) is 9.89. The first-order valence-electron chi connectivity index (χ1n) is 5.28. The van der Waals surface area contributed by atoms with E-state index >= 15 is 0 Å². The zero-order valence-electron chi connectivity index (χ0n) is 9.89. The molecule has 1 rings (SSSR count). The minimum atomic E-state index is 0.00391. The second kappa shape index (κ2) is 4.13. The summed E-state index contributed by atoms with van der Waals surface area (Å²) in [7, 11) is 0. The summed E-state index contributed by atoms with van der Waals surface area (Å²) in [5, 5.41) is 0. The number of carbonyl (C=O) groups is 2. The predicted molar refractivity (Wildman–Crippen MR) is 60.5 cm³/mol. The van der Waals surface area contributed by atoms with Crippen molar-refractivity contribution in [3.63, 3.8) is 0 Å². The summed E-state index contributed by atoms with van der Waals surface area (Å²) in [6, 6.07) is 0. The number of hydrogen-bond acceptors (Lipinski definition) is 2. The number of hydrogen-bond donors (Lipinski definition) is 0. The fourth-order valence-electron chi connectivity index (χ4n) is 1.96. The maximum Gasteiger partial charge on any atom is 0.158 e. The quantitative estimate of drug-likeness (QED) is 0.651. The number of Topliss-reactive ketones (excluding diaryl/α,β-unsaturated/α-hetero) is 1. The minimum Gasteiger partial charge on any atom is -0.295 e. The molecule has 82 valence electrons. The normalized spacial score (nSPS) is 21.2. The molecule has 0 N–H and O–H groups in total. The molecule has 0 atom stereocenters. The van der Waals surface area contributed by atoms with Crippen molar-refractivity contribution < 1.29 is 9.59 Å². The molecule has 0 bridgehead atoms. The first-order chi connectivity index (χ1) is 6.84. The lowest BCUT2D eigenvalue weighted by Gasteiger charge is -2.31. The van der Waals surface area contributed by atoms with Crippen LogP contribution in [0.1, 0.15) is 40.5 Å². The van der Waals surface area contributed by atoms with Crippen molar-refractivity contribution in [2.75, 3.05) is 0 Å². The average molecular weight is 206 g/mol. The van der Waals surface area contributed by atoms with Crippen LogP contribution in [0.5, 0.6) is 0 Å². The highest BCUT2D eigenvalue weighted by atomic mass is 16.1. The summed E-state index contributed by atoms with van der Waals surface area (Å²) >= 11 is 0. The second-order valence-electron chi connectivity index (χ2n) is 4.79. The topological polar surface area (TPSA) is 34.1 Å². The molecule has 15 heavy (non-hydrogen) atoms. The second-order valence-corrected chi connectivity index (χ2v) is 4.79. The van der Waals surface area contributed by atoms with Crippen molar-refractivity contribution in [1.29, 1.82) is 0 Å². The van der Waals surface area contributed by atoms with Gasteiger partial charge in [0.2, 0.25) is 0 Å². The molecule has 0 unspecified atom stereocenters. The van der Waals surface area contributed by atoms with Crippen LogP contribution in [0, 0.1) is 5.41 Å². The van der Waals surface area contributed by atoms with E-state index in [9.17, 15) is 9.59 Å². The Kier molecular flexibility index (Phi) is 3.28. The van der Waals surface area contributed by atoms with Crippen molar-refractivity contribution in [1.82, 2.24) is 0 Å². The molecule has 0 saturated heterocycles. The van der Waals surface area contributed by atoms with Gasteiger partial charge in [0.25, 0.3) is 0 Å². The Hall–Kier alpha value is -1.18. The highest BCUT2D eigenvalue weighted by Gasteiger charge is 2.30. The van der Waals surface area contributed by atoms with E-state index in [1.165, 1.54) is 6.92 Å². The Morgan fingerprint density at radius 1 is 1.40 bits per heavy atom. The first kappa shape index (κ1) is 11.9. The number of ketones is 2. The monoisotopic (exact) mass is 206 g/mol. The lowest BCUT2D eigenvalue weighted by molar-refractivity contribution is -0.116. The van der Waals surface area contributed by atoms with Crippen LogP contribution in [0.15, 0.2) is 23.3 Å². The lowest BCUT2D eigenvalue weighted by Crippen LogP contribution is -2.24. The molecule has 0 saturated carbocycles. The Labute approximate surface area is 91.1 Å². The highest BCUT2D eigenvalue weighted by molar-refractivity contribution is 5.97. The van der Waals surface area contributed by atoms with E-state index in [-0.39, 0.29) is 17.0 Å². The van der Waals surface area contributed by atoms with Crippen LogP contribution in [-0.4, -0.2) is 11.6 Å². The summed E-state index contributed by atoms with van der Waals surface area (Å²) in [4.78, 5) is 22.5. The third-order valence-electron chi connectivity index (χ3n) is 3.01. The van der Waals surface area contributed by atoms with Gasteiger partial charge in [0.05, 0.1) is 0 Å². The van der Waals surface area contributed by atoms with Crippen LogP contribution in [-0.2, 0) is 9.59 Å². The molecule has 2 nitrogen and oxygen atoms in total. The van der Waals surface area contributed by atoms with Gasteiger partial charge in [-0.2, -0.15) is 0 Å². The predicted octanol–water partition coefficient (Wildman–Crippen LogP) is 2.84. The van der Waals surface area contributed by atoms with E-state index in [1.807, 2.05) is 6.92 Å². The van der Waals surface area contributed by atoms with Gasteiger partial charge in [-0.1, -0.05) is 19.9 Å². The smallest absolute Gasteiger partial charge is 0.158 e. The maximum absolute atomic E-state index is 11.6. The molecule has 0 heterocycles. The van der Waals surface area contributed by atoms with Crippen LogP contribution in [0.2, 0.25) is 0 Å². The fraction of sp³-hybridized carbons (Fsp3) is 0.538. The molecule has 1 aliphatic carbocycles. The molecule has 0 amide bonds. The summed E-state index contributed by atoms with van der Waals surface area (Å²) in [5.74, 6) is 0.224. The van der Waals surface area contributed by atoms with Crippen molar-refractivity contribution in [2.24, 2.45) is 5.41 Å². The summed E-state index contributed by atoms with van der Waals surface area (Å²) < 4.78 is 0. The molecule has 0 aromatic rings. The lowest BCUT2D eigenvalue weighted by atomic mass is 9.72. The fourth-order valence-corrected chi connectivity index (χ4v) is 1.96. The van der Waals surface area contributed by atoms with Gasteiger partial charge in [-0.25, -0.2) is 0 Å². The van der Waals surface area contributed by atoms with Crippen LogP contribution in [0.3, 0.4) is 0 Å². The van der Waals surface area contributed by atoms with Crippen LogP contribution >= 0.6 is 0 Å². The Morgan fingerprint density at radius 3 is 2.53 bits per heavy atom. The molecular weight excluding hydrogens is 188 g/mol. The third kappa shape index (κ3) is 2.65. The summed E-state index contributed by atoms with van der Waals surface area (Å²) in [5.41, 5.74) is 1.82. The van der Waals surface area contributed by atoms with Crippen molar-refractivity contribution in [3.05, 3.63) is 23.3 Å². The van der Waals surface area contributed by atoms with Crippen LogP contribution in [0.25, 0.3) is 0 Å². The molecule has 0 aliphatic heterocycles. The van der Waals surface area contributed by atoms with E-state index in [1.54, 1.807) is 12.2 Å². The van der Waals surface area contributed by atoms with Crippen molar-refractivity contribution in [3.8, 4) is 0 Å². The highest BCUT2D eigenvalue weighted by Crippen LogP contribution is 2.39. The zero-order chi connectivity index (χ0) is 11.6. The third-order valence-corrected chi connectivity index (χ3v) is 3.01. The summed E-state index contributed by atoms with van der Waals surface area (Å²) in [6.45, 7) is 7.60. The van der Waals surface area contributed by atoms with E-state index < -0.39 is 0 Å². The average Bonchev–Trinajstić information content (AvgIpc) is 2.11. The SMILES string of the molecule is CC(=O)/C=C/C1=C(C)C(=O)CCC1(C)C. The number of allylic oxidation sites excluding steroid dienone is 4. The van der Waals surface area contributed by atoms with E-state index in [0.29, 0.717) is 6.42 Å². The Morgan fingerprint density at radius 2 is 2.00 bits per heavy atom. The Bertz CT molecular complexity index is 357. The molecule has 0 aromatic carbocycles. The Balaban J connectivity index is 3.12. The van der Waals surface area contributed by atoms with Gasteiger partial charge in [0.1, 0.15) is 0 Å². The van der Waals surface area contributed by atoms with Gasteiger partial charge in [0, 0.05) is 6.42 Å². The summed E-state index contributed by atoms with van der Waals surface area (Å²) in [6.07, 6.45) is 4.82. The van der Waals surface area contributed by atoms with Crippen LogP contribution < -0.4 is 0 Å². The van der Waals surface area contributed by atoms with Crippen molar-refractivity contribution >= 4 is 11.6 Å². The molecule has 0 fully saturated rings. The van der Waals surface area contributed by atoms with E-state index in [0.717, 1.165) is 17.6 Å². The molecule has 2 heteroatoms. The first-order valence-corrected chi connectivity index (χ1v) is 5.28. The van der Waals surface area contributed by atoms with Crippen molar-refractivity contribution in [2.45, 2.75) is 40.5 Å². The molecule has 0 radical (unpaired) electrons. The van der Waals surface area contributed by atoms with Gasteiger partial charge < -0.3 is 0 Å². The van der Waals surface area contributed by atoms with Gasteiger partial charge in [0.15, 0.2) is 11.6 Å². The van der Waals surface area contributed by atoms with Gasteiger partial charge >= 0.3 is 0 Å². The molecular formula is C13H18O2. The number of rotatable bonds is 2. The van der Waals surface area contributed by atoms with Crippen LogP contribution in [0.4, 0.5) is 0 Å². The minimum absolute atomic E-state index is 0.00391. The molecule has 0 spiro atoms. The van der Waals surface area contributed by atoms with E-state index in [4.69, 9.17) is 0 Å². The van der Waals surface area contributed by atoms with Gasteiger partial charge in [-0.15, -0.1) is 0 Å². The van der Waals surface area contributed by atoms with Gasteiger partial charge in [-0.05, 0) is 42.9 Å². The molecule has 0 aromatic heterocycles. The number of carbonyl (C=O) groups excluding carboxylic acids is 2. The van der Waals surface area contributed by atoms with E-state index in [2.05, 4.69) is 13.8 Å². The van der Waals surface area contributed by atoms with Gasteiger partial charge in [-0.3, -0.25) is 9.59 Å². The molecule has 1 aliphatic rings. The maximum atomic E-state index is 11.6. The standard InChI is InChI=1S/C13H18O2/c1-9(14)5-6-11-10(2)12(15)7-8-13(11,3)4/h5-6H,7-8H2,1-4H3/b6-5+.